The normalized spacial score (nSPS) is 15.4. The maximum absolute atomic E-state index is 12.5. The predicted molar refractivity (Wildman–Crippen MR) is 93.8 cm³/mol. The van der Waals surface area contributed by atoms with Gasteiger partial charge in [-0.1, -0.05) is 23.7 Å². The average Bonchev–Trinajstić information content (AvgIpc) is 3.11. The molecule has 0 radical (unpaired) electrons. The minimum Gasteiger partial charge on any atom is -0.322 e. The van der Waals surface area contributed by atoms with Crippen LogP contribution < -0.4 is 5.32 Å². The summed E-state index contributed by atoms with van der Waals surface area (Å²) in [5, 5.41) is 3.08. The Hall–Kier alpha value is -1.89. The van der Waals surface area contributed by atoms with Crippen molar-refractivity contribution in [2.75, 3.05) is 18.4 Å². The van der Waals surface area contributed by atoms with Gasteiger partial charge in [0.2, 0.25) is 10.0 Å². The Morgan fingerprint density at radius 2 is 1.62 bits per heavy atom. The Balaban J connectivity index is 1.75. The van der Waals surface area contributed by atoms with Crippen LogP contribution >= 0.6 is 11.6 Å². The van der Waals surface area contributed by atoms with Crippen molar-refractivity contribution in [2.45, 2.75) is 17.7 Å². The molecule has 0 unspecified atom stereocenters. The van der Waals surface area contributed by atoms with Crippen LogP contribution in [0.15, 0.2) is 53.4 Å². The Morgan fingerprint density at radius 3 is 2.25 bits per heavy atom. The van der Waals surface area contributed by atoms with E-state index in [-0.39, 0.29) is 10.8 Å². The fraction of sp³-hybridized carbons (Fsp3) is 0.235. The molecular weight excluding hydrogens is 348 g/mol. The third-order valence-corrected chi connectivity index (χ3v) is 6.18. The monoisotopic (exact) mass is 364 g/mol. The van der Waals surface area contributed by atoms with E-state index in [1.807, 2.05) is 0 Å². The number of rotatable bonds is 4. The second-order valence-corrected chi connectivity index (χ2v) is 7.91. The second kappa shape index (κ2) is 6.93. The SMILES string of the molecule is O=C(Nc1ccc(S(=O)(=O)N2CCCC2)cc1)c1ccccc1Cl. The average molecular weight is 365 g/mol. The number of amides is 1. The number of hydrogen-bond donors (Lipinski definition) is 1. The number of halogens is 1. The van der Waals surface area contributed by atoms with Gasteiger partial charge >= 0.3 is 0 Å². The molecule has 0 saturated carbocycles. The highest BCUT2D eigenvalue weighted by Crippen LogP contribution is 2.23. The van der Waals surface area contributed by atoms with Crippen LogP contribution in [-0.4, -0.2) is 31.7 Å². The van der Waals surface area contributed by atoms with Gasteiger partial charge in [0.25, 0.3) is 5.91 Å². The molecule has 2 aromatic carbocycles. The maximum Gasteiger partial charge on any atom is 0.257 e. The molecule has 0 aliphatic carbocycles. The van der Waals surface area contributed by atoms with E-state index < -0.39 is 10.0 Å². The largest absolute Gasteiger partial charge is 0.322 e. The number of sulfonamides is 1. The number of hydrogen-bond acceptors (Lipinski definition) is 3. The third-order valence-electron chi connectivity index (χ3n) is 3.93. The van der Waals surface area contributed by atoms with E-state index in [4.69, 9.17) is 11.6 Å². The highest BCUT2D eigenvalue weighted by atomic mass is 35.5. The number of nitrogens with one attached hydrogen (secondary N) is 1. The van der Waals surface area contributed by atoms with Gasteiger partial charge in [0, 0.05) is 18.8 Å². The van der Waals surface area contributed by atoms with E-state index in [2.05, 4.69) is 5.32 Å². The molecule has 1 heterocycles. The molecule has 7 heteroatoms. The summed E-state index contributed by atoms with van der Waals surface area (Å²) < 4.78 is 26.4. The molecular formula is C17H17ClN2O3S. The Bertz CT molecular complexity index is 844. The van der Waals surface area contributed by atoms with Crippen molar-refractivity contribution in [2.24, 2.45) is 0 Å². The first-order valence-corrected chi connectivity index (χ1v) is 9.46. The first kappa shape index (κ1) is 17.0. The molecule has 0 spiro atoms. The summed E-state index contributed by atoms with van der Waals surface area (Å²) in [5.41, 5.74) is 0.883. The standard InChI is InChI=1S/C17H17ClN2O3S/c18-16-6-2-1-5-15(16)17(21)19-13-7-9-14(10-8-13)24(22,23)20-11-3-4-12-20/h1-2,5-10H,3-4,11-12H2,(H,19,21). The lowest BCUT2D eigenvalue weighted by atomic mass is 10.2. The molecule has 1 aliphatic rings. The Labute approximate surface area is 146 Å². The minimum atomic E-state index is -3.44. The first-order valence-electron chi connectivity index (χ1n) is 7.64. The lowest BCUT2D eigenvalue weighted by Gasteiger charge is -2.15. The van der Waals surface area contributed by atoms with Gasteiger partial charge in [-0.25, -0.2) is 8.42 Å². The van der Waals surface area contributed by atoms with Crippen molar-refractivity contribution in [1.29, 1.82) is 0 Å². The van der Waals surface area contributed by atoms with Gasteiger partial charge in [-0.2, -0.15) is 4.31 Å². The molecule has 2 aromatic rings. The van der Waals surface area contributed by atoms with Crippen molar-refractivity contribution >= 4 is 33.2 Å². The van der Waals surface area contributed by atoms with Gasteiger partial charge in [0.1, 0.15) is 0 Å². The fourth-order valence-electron chi connectivity index (χ4n) is 2.63. The van der Waals surface area contributed by atoms with E-state index in [1.54, 1.807) is 36.4 Å². The van der Waals surface area contributed by atoms with Gasteiger partial charge in [-0.05, 0) is 49.2 Å². The first-order chi connectivity index (χ1) is 11.5. The number of carbonyl (C=O) groups excluding carboxylic acids is 1. The fourth-order valence-corrected chi connectivity index (χ4v) is 4.37. The highest BCUT2D eigenvalue weighted by Gasteiger charge is 2.26. The quantitative estimate of drug-likeness (QED) is 0.904. The van der Waals surface area contributed by atoms with E-state index in [0.717, 1.165) is 12.8 Å². The van der Waals surface area contributed by atoms with Crippen LogP contribution in [0.4, 0.5) is 5.69 Å². The summed E-state index contributed by atoms with van der Waals surface area (Å²) in [6.45, 7) is 1.13. The van der Waals surface area contributed by atoms with Crippen molar-refractivity contribution in [3.8, 4) is 0 Å². The van der Waals surface area contributed by atoms with Gasteiger partial charge in [0.05, 0.1) is 15.5 Å². The molecule has 5 nitrogen and oxygen atoms in total. The van der Waals surface area contributed by atoms with Crippen molar-refractivity contribution in [3.05, 3.63) is 59.1 Å². The summed E-state index contributed by atoms with van der Waals surface area (Å²) in [6.07, 6.45) is 1.79. The molecule has 0 bridgehead atoms. The maximum atomic E-state index is 12.5. The second-order valence-electron chi connectivity index (χ2n) is 5.57. The molecule has 24 heavy (non-hydrogen) atoms. The number of carbonyl (C=O) groups is 1. The van der Waals surface area contributed by atoms with Gasteiger partial charge in [-0.15, -0.1) is 0 Å². The zero-order chi connectivity index (χ0) is 17.2. The van der Waals surface area contributed by atoms with E-state index in [1.165, 1.54) is 16.4 Å². The molecule has 1 saturated heterocycles. The molecule has 0 atom stereocenters. The number of benzene rings is 2. The lowest BCUT2D eigenvalue weighted by Crippen LogP contribution is -2.27. The van der Waals surface area contributed by atoms with Crippen LogP contribution in [0.3, 0.4) is 0 Å². The molecule has 3 rings (SSSR count). The van der Waals surface area contributed by atoms with Crippen LogP contribution in [0.25, 0.3) is 0 Å². The summed E-state index contributed by atoms with van der Waals surface area (Å²) in [6, 6.07) is 12.9. The van der Waals surface area contributed by atoms with Crippen LogP contribution in [0.2, 0.25) is 5.02 Å². The predicted octanol–water partition coefficient (Wildman–Crippen LogP) is 3.38. The molecule has 0 aromatic heterocycles. The van der Waals surface area contributed by atoms with Crippen molar-refractivity contribution in [1.82, 2.24) is 4.31 Å². The van der Waals surface area contributed by atoms with Crippen molar-refractivity contribution in [3.63, 3.8) is 0 Å². The Morgan fingerprint density at radius 1 is 1.00 bits per heavy atom. The van der Waals surface area contributed by atoms with Gasteiger partial charge in [0.15, 0.2) is 0 Å². The zero-order valence-electron chi connectivity index (χ0n) is 12.9. The summed E-state index contributed by atoms with van der Waals surface area (Å²) >= 11 is 6.00. The zero-order valence-corrected chi connectivity index (χ0v) is 14.5. The number of nitrogens with zero attached hydrogens (tertiary/aromatic N) is 1. The van der Waals surface area contributed by atoms with E-state index >= 15 is 0 Å². The molecule has 1 fully saturated rings. The minimum absolute atomic E-state index is 0.236. The van der Waals surface area contributed by atoms with Crippen LogP contribution in [-0.2, 0) is 10.0 Å². The molecule has 1 amide bonds. The Kier molecular flexibility index (Phi) is 4.89. The van der Waals surface area contributed by atoms with Crippen LogP contribution in [0.1, 0.15) is 23.2 Å². The summed E-state index contributed by atoms with van der Waals surface area (Å²) in [5.74, 6) is -0.337. The topological polar surface area (TPSA) is 66.5 Å². The number of anilines is 1. The third kappa shape index (κ3) is 3.45. The molecule has 1 N–H and O–H groups in total. The highest BCUT2D eigenvalue weighted by molar-refractivity contribution is 7.89. The smallest absolute Gasteiger partial charge is 0.257 e. The summed E-state index contributed by atoms with van der Waals surface area (Å²) in [7, 11) is -3.44. The lowest BCUT2D eigenvalue weighted by molar-refractivity contribution is 0.102. The van der Waals surface area contributed by atoms with Crippen LogP contribution in [0, 0.1) is 0 Å². The van der Waals surface area contributed by atoms with E-state index in [0.29, 0.717) is 29.4 Å². The summed E-state index contributed by atoms with van der Waals surface area (Å²) in [4.78, 5) is 12.4. The van der Waals surface area contributed by atoms with Crippen LogP contribution in [0.5, 0.6) is 0 Å². The molecule has 1 aliphatic heterocycles. The molecule has 126 valence electrons. The van der Waals surface area contributed by atoms with Crippen molar-refractivity contribution < 1.29 is 13.2 Å². The van der Waals surface area contributed by atoms with Gasteiger partial charge in [-0.3, -0.25) is 4.79 Å². The van der Waals surface area contributed by atoms with E-state index in [9.17, 15) is 13.2 Å². The van der Waals surface area contributed by atoms with Gasteiger partial charge < -0.3 is 5.32 Å².